The molecule has 0 bridgehead atoms. The van der Waals surface area contributed by atoms with Crippen molar-refractivity contribution in [1.29, 1.82) is 0 Å². The second-order valence-corrected chi connectivity index (χ2v) is 4.87. The second kappa shape index (κ2) is 4.85. The minimum absolute atomic E-state index is 0.0876. The fourth-order valence-electron chi connectivity index (χ4n) is 2.89. The number of aliphatic carboxylic acids is 1. The van der Waals surface area contributed by atoms with E-state index in [1.165, 1.54) is 0 Å². The number of hydrogen-bond acceptors (Lipinski definition) is 2. The Labute approximate surface area is 95.6 Å². The van der Waals surface area contributed by atoms with Gasteiger partial charge in [0.25, 0.3) is 0 Å². The van der Waals surface area contributed by atoms with Gasteiger partial charge in [0.2, 0.25) is 5.91 Å². The largest absolute Gasteiger partial charge is 0.481 e. The van der Waals surface area contributed by atoms with Crippen LogP contribution in [0.1, 0.15) is 38.5 Å². The van der Waals surface area contributed by atoms with Crippen molar-refractivity contribution in [1.82, 2.24) is 4.90 Å². The van der Waals surface area contributed by atoms with Gasteiger partial charge in [0.1, 0.15) is 0 Å². The monoisotopic (exact) mass is 225 g/mol. The second-order valence-electron chi connectivity index (χ2n) is 4.87. The van der Waals surface area contributed by atoms with Crippen molar-refractivity contribution in [2.24, 2.45) is 11.8 Å². The van der Waals surface area contributed by atoms with E-state index in [2.05, 4.69) is 0 Å². The summed E-state index contributed by atoms with van der Waals surface area (Å²) in [5.41, 5.74) is 0. The number of likely N-dealkylation sites (tertiary alicyclic amines) is 1. The lowest BCUT2D eigenvalue weighted by atomic mass is 9.78. The Morgan fingerprint density at radius 1 is 0.938 bits per heavy atom. The topological polar surface area (TPSA) is 57.6 Å². The Bertz CT molecular complexity index is 284. The van der Waals surface area contributed by atoms with Crippen LogP contribution in [0.2, 0.25) is 0 Å². The third kappa shape index (κ3) is 2.20. The van der Waals surface area contributed by atoms with Crippen molar-refractivity contribution >= 4 is 11.9 Å². The van der Waals surface area contributed by atoms with Crippen LogP contribution in [0, 0.1) is 11.8 Å². The van der Waals surface area contributed by atoms with E-state index in [0.29, 0.717) is 6.42 Å². The van der Waals surface area contributed by atoms with Gasteiger partial charge >= 0.3 is 5.97 Å². The maximum atomic E-state index is 12.2. The Morgan fingerprint density at radius 2 is 1.50 bits per heavy atom. The summed E-state index contributed by atoms with van der Waals surface area (Å²) in [4.78, 5) is 25.1. The summed E-state index contributed by atoms with van der Waals surface area (Å²) in [5, 5.41) is 9.13. The summed E-state index contributed by atoms with van der Waals surface area (Å²) in [7, 11) is 0. The Morgan fingerprint density at radius 3 is 2.06 bits per heavy atom. The van der Waals surface area contributed by atoms with Crippen molar-refractivity contribution in [2.75, 3.05) is 13.1 Å². The van der Waals surface area contributed by atoms with Crippen LogP contribution in [-0.2, 0) is 9.59 Å². The van der Waals surface area contributed by atoms with Crippen LogP contribution in [0.4, 0.5) is 0 Å². The summed E-state index contributed by atoms with van der Waals surface area (Å²) in [5.74, 6) is -1.41. The molecule has 90 valence electrons. The van der Waals surface area contributed by atoms with E-state index in [4.69, 9.17) is 5.11 Å². The van der Waals surface area contributed by atoms with Gasteiger partial charge in [-0.1, -0.05) is 12.8 Å². The van der Waals surface area contributed by atoms with Crippen LogP contribution >= 0.6 is 0 Å². The van der Waals surface area contributed by atoms with Gasteiger partial charge in [-0.25, -0.2) is 0 Å². The molecule has 1 heterocycles. The fraction of sp³-hybridized carbons (Fsp3) is 0.833. The zero-order valence-corrected chi connectivity index (χ0v) is 9.52. The molecule has 2 rings (SSSR count). The molecule has 1 saturated heterocycles. The van der Waals surface area contributed by atoms with Gasteiger partial charge in [-0.05, 0) is 25.7 Å². The number of carboxylic acids is 1. The van der Waals surface area contributed by atoms with Gasteiger partial charge in [-0.3, -0.25) is 9.59 Å². The Balaban J connectivity index is 2.04. The van der Waals surface area contributed by atoms with Gasteiger partial charge in [-0.2, -0.15) is 0 Å². The predicted octanol–water partition coefficient (Wildman–Crippen LogP) is 1.50. The Hall–Kier alpha value is -1.06. The molecule has 1 amide bonds. The molecule has 0 radical (unpaired) electrons. The van der Waals surface area contributed by atoms with E-state index in [9.17, 15) is 9.59 Å². The maximum absolute atomic E-state index is 12.2. The molecule has 1 aliphatic carbocycles. The molecule has 0 aromatic heterocycles. The van der Waals surface area contributed by atoms with Gasteiger partial charge in [0.05, 0.1) is 11.8 Å². The summed E-state index contributed by atoms with van der Waals surface area (Å²) < 4.78 is 0. The molecule has 1 N–H and O–H groups in total. The summed E-state index contributed by atoms with van der Waals surface area (Å²) >= 11 is 0. The van der Waals surface area contributed by atoms with Gasteiger partial charge < -0.3 is 10.0 Å². The molecule has 0 aromatic rings. The number of amides is 1. The molecule has 2 aliphatic rings. The van der Waals surface area contributed by atoms with Crippen LogP contribution in [0.25, 0.3) is 0 Å². The molecule has 4 heteroatoms. The van der Waals surface area contributed by atoms with Crippen LogP contribution in [0.5, 0.6) is 0 Å². The highest BCUT2D eigenvalue weighted by Crippen LogP contribution is 2.32. The van der Waals surface area contributed by atoms with Gasteiger partial charge in [0, 0.05) is 13.1 Å². The van der Waals surface area contributed by atoms with E-state index in [-0.39, 0.29) is 11.8 Å². The average Bonchev–Trinajstić information content (AvgIpc) is 2.81. The fourth-order valence-corrected chi connectivity index (χ4v) is 2.89. The quantitative estimate of drug-likeness (QED) is 0.774. The molecule has 0 spiro atoms. The lowest BCUT2D eigenvalue weighted by molar-refractivity contribution is -0.151. The van der Waals surface area contributed by atoms with E-state index in [0.717, 1.165) is 45.2 Å². The molecule has 2 fully saturated rings. The summed E-state index contributed by atoms with van der Waals surface area (Å²) in [6.07, 6.45) is 5.49. The zero-order valence-electron chi connectivity index (χ0n) is 9.52. The van der Waals surface area contributed by atoms with Crippen molar-refractivity contribution in [3.05, 3.63) is 0 Å². The SMILES string of the molecule is O=C(O)[C@H]1CCCC[C@@H]1C(=O)N1CCCC1. The zero-order chi connectivity index (χ0) is 11.5. The minimum Gasteiger partial charge on any atom is -0.481 e. The summed E-state index contributed by atoms with van der Waals surface area (Å²) in [6, 6.07) is 0. The molecular weight excluding hydrogens is 206 g/mol. The molecule has 0 unspecified atom stereocenters. The molecule has 16 heavy (non-hydrogen) atoms. The average molecular weight is 225 g/mol. The van der Waals surface area contributed by atoms with E-state index in [1.807, 2.05) is 4.90 Å². The van der Waals surface area contributed by atoms with Crippen LogP contribution in [0.15, 0.2) is 0 Å². The van der Waals surface area contributed by atoms with Crippen molar-refractivity contribution < 1.29 is 14.7 Å². The number of carbonyl (C=O) groups excluding carboxylic acids is 1. The van der Waals surface area contributed by atoms with Crippen LogP contribution in [-0.4, -0.2) is 35.0 Å². The first-order valence-electron chi connectivity index (χ1n) is 6.22. The smallest absolute Gasteiger partial charge is 0.307 e. The predicted molar refractivity (Wildman–Crippen MR) is 58.9 cm³/mol. The van der Waals surface area contributed by atoms with Crippen LogP contribution < -0.4 is 0 Å². The molecular formula is C12H19NO3. The normalized spacial score (nSPS) is 30.4. The van der Waals surface area contributed by atoms with Gasteiger partial charge in [0.15, 0.2) is 0 Å². The third-order valence-electron chi connectivity index (χ3n) is 3.82. The number of carboxylic acid groups (broad SMARTS) is 1. The van der Waals surface area contributed by atoms with E-state index < -0.39 is 11.9 Å². The number of rotatable bonds is 2. The van der Waals surface area contributed by atoms with Crippen molar-refractivity contribution in [2.45, 2.75) is 38.5 Å². The highest BCUT2D eigenvalue weighted by molar-refractivity contribution is 5.85. The number of carbonyl (C=O) groups is 2. The third-order valence-corrected chi connectivity index (χ3v) is 3.82. The van der Waals surface area contributed by atoms with Gasteiger partial charge in [-0.15, -0.1) is 0 Å². The molecule has 4 nitrogen and oxygen atoms in total. The van der Waals surface area contributed by atoms with Crippen molar-refractivity contribution in [3.63, 3.8) is 0 Å². The number of nitrogens with zero attached hydrogens (tertiary/aromatic N) is 1. The van der Waals surface area contributed by atoms with E-state index in [1.54, 1.807) is 0 Å². The molecule has 1 aliphatic heterocycles. The summed E-state index contributed by atoms with van der Waals surface area (Å²) in [6.45, 7) is 1.64. The van der Waals surface area contributed by atoms with Crippen LogP contribution in [0.3, 0.4) is 0 Å². The van der Waals surface area contributed by atoms with Crippen molar-refractivity contribution in [3.8, 4) is 0 Å². The highest BCUT2D eigenvalue weighted by atomic mass is 16.4. The standard InChI is InChI=1S/C12H19NO3/c14-11(13-7-3-4-8-13)9-5-1-2-6-10(9)12(15)16/h9-10H,1-8H2,(H,15,16)/t9-,10-/m0/s1. The highest BCUT2D eigenvalue weighted by Gasteiger charge is 2.38. The number of hydrogen-bond donors (Lipinski definition) is 1. The maximum Gasteiger partial charge on any atom is 0.307 e. The first-order chi connectivity index (χ1) is 7.70. The molecule has 1 saturated carbocycles. The first-order valence-corrected chi connectivity index (χ1v) is 6.22. The lowest BCUT2D eigenvalue weighted by Crippen LogP contribution is -2.41. The first kappa shape index (κ1) is 11.4. The van der Waals surface area contributed by atoms with E-state index >= 15 is 0 Å². The minimum atomic E-state index is -0.794. The molecule has 0 aromatic carbocycles. The Kier molecular flexibility index (Phi) is 3.46. The lowest BCUT2D eigenvalue weighted by Gasteiger charge is -2.30. The molecule has 2 atom stereocenters.